The molecule has 3 amide bonds. The number of carbonyl (C=O) groups is 3. The molecule has 0 aliphatic carbocycles. The summed E-state index contributed by atoms with van der Waals surface area (Å²) in [5.74, 6) is -1.32. The van der Waals surface area contributed by atoms with Crippen molar-refractivity contribution in [3.8, 4) is 0 Å². The standard InChI is InChI=1S/C13H23N3O5/c1-9(10(17)16-5-7-21-8-6-16)14-12(20)15(4)13(2,3)11(18)19/h9H,5-8H2,1-4H3,(H,14,20)(H,18,19). The van der Waals surface area contributed by atoms with E-state index in [9.17, 15) is 14.4 Å². The number of amides is 3. The van der Waals surface area contributed by atoms with Crippen LogP contribution >= 0.6 is 0 Å². The Kier molecular flexibility index (Phi) is 5.54. The zero-order chi connectivity index (χ0) is 16.2. The maximum absolute atomic E-state index is 12.2. The lowest BCUT2D eigenvalue weighted by atomic mass is 10.0. The van der Waals surface area contributed by atoms with Crippen molar-refractivity contribution in [1.29, 1.82) is 0 Å². The van der Waals surface area contributed by atoms with Gasteiger partial charge in [-0.25, -0.2) is 9.59 Å². The van der Waals surface area contributed by atoms with Gasteiger partial charge in [-0.2, -0.15) is 0 Å². The van der Waals surface area contributed by atoms with Crippen LogP contribution in [0.15, 0.2) is 0 Å². The summed E-state index contributed by atoms with van der Waals surface area (Å²) in [4.78, 5) is 38.0. The van der Waals surface area contributed by atoms with Gasteiger partial charge < -0.3 is 25.0 Å². The second kappa shape index (κ2) is 6.75. The van der Waals surface area contributed by atoms with Gasteiger partial charge in [0.25, 0.3) is 0 Å². The van der Waals surface area contributed by atoms with Crippen molar-refractivity contribution in [2.24, 2.45) is 0 Å². The molecule has 1 aliphatic heterocycles. The largest absolute Gasteiger partial charge is 0.480 e. The molecule has 1 heterocycles. The number of carbonyl (C=O) groups excluding carboxylic acids is 2. The Morgan fingerprint density at radius 1 is 1.29 bits per heavy atom. The summed E-state index contributed by atoms with van der Waals surface area (Å²) in [6.07, 6.45) is 0. The predicted octanol–water partition coefficient (Wildman–Crippen LogP) is -0.262. The second-order valence-corrected chi connectivity index (χ2v) is 5.53. The van der Waals surface area contributed by atoms with Crippen LogP contribution in [-0.4, -0.2) is 77.7 Å². The van der Waals surface area contributed by atoms with Gasteiger partial charge in [-0.15, -0.1) is 0 Å². The number of aliphatic carboxylic acids is 1. The minimum atomic E-state index is -1.36. The summed E-state index contributed by atoms with van der Waals surface area (Å²) < 4.78 is 5.17. The van der Waals surface area contributed by atoms with Crippen LogP contribution in [0, 0.1) is 0 Å². The van der Waals surface area contributed by atoms with Crippen LogP contribution < -0.4 is 5.32 Å². The van der Waals surface area contributed by atoms with Gasteiger partial charge in [-0.3, -0.25) is 4.79 Å². The fourth-order valence-corrected chi connectivity index (χ4v) is 1.80. The first kappa shape index (κ1) is 17.2. The molecule has 21 heavy (non-hydrogen) atoms. The molecule has 0 aromatic heterocycles. The Bertz CT molecular complexity index is 418. The number of ether oxygens (including phenoxy) is 1. The van der Waals surface area contributed by atoms with E-state index in [0.717, 1.165) is 4.90 Å². The molecule has 120 valence electrons. The molecule has 1 unspecified atom stereocenters. The van der Waals surface area contributed by atoms with Gasteiger partial charge in [0.05, 0.1) is 13.2 Å². The molecule has 8 heteroatoms. The second-order valence-electron chi connectivity index (χ2n) is 5.53. The van der Waals surface area contributed by atoms with Crippen LogP contribution in [0.3, 0.4) is 0 Å². The van der Waals surface area contributed by atoms with Crippen molar-refractivity contribution >= 4 is 17.9 Å². The normalized spacial score (nSPS) is 17.0. The Labute approximate surface area is 124 Å². The lowest BCUT2D eigenvalue weighted by Gasteiger charge is -2.34. The molecule has 0 saturated carbocycles. The molecule has 0 aromatic carbocycles. The van der Waals surface area contributed by atoms with Crippen molar-refractivity contribution in [2.45, 2.75) is 32.4 Å². The number of carboxylic acid groups (broad SMARTS) is 1. The summed E-state index contributed by atoms with van der Waals surface area (Å²) >= 11 is 0. The Morgan fingerprint density at radius 2 is 1.81 bits per heavy atom. The molecular weight excluding hydrogens is 278 g/mol. The highest BCUT2D eigenvalue weighted by atomic mass is 16.5. The van der Waals surface area contributed by atoms with Crippen LogP contribution in [0.25, 0.3) is 0 Å². The zero-order valence-corrected chi connectivity index (χ0v) is 12.9. The van der Waals surface area contributed by atoms with E-state index in [-0.39, 0.29) is 5.91 Å². The van der Waals surface area contributed by atoms with Crippen LogP contribution in [0.5, 0.6) is 0 Å². The number of nitrogens with one attached hydrogen (secondary N) is 1. The average molecular weight is 301 g/mol. The molecule has 8 nitrogen and oxygen atoms in total. The molecule has 1 atom stereocenters. The molecule has 0 radical (unpaired) electrons. The Balaban J connectivity index is 2.60. The first-order valence-corrected chi connectivity index (χ1v) is 6.82. The lowest BCUT2D eigenvalue weighted by molar-refractivity contribution is -0.146. The van der Waals surface area contributed by atoms with E-state index < -0.39 is 23.6 Å². The van der Waals surface area contributed by atoms with Gasteiger partial charge >= 0.3 is 12.0 Å². The third-order valence-corrected chi connectivity index (χ3v) is 3.70. The lowest BCUT2D eigenvalue weighted by Crippen LogP contribution is -2.58. The van der Waals surface area contributed by atoms with E-state index in [0.29, 0.717) is 26.3 Å². The van der Waals surface area contributed by atoms with Crippen LogP contribution in [0.1, 0.15) is 20.8 Å². The monoisotopic (exact) mass is 301 g/mol. The molecule has 0 bridgehead atoms. The molecule has 2 N–H and O–H groups in total. The van der Waals surface area contributed by atoms with E-state index in [2.05, 4.69) is 5.32 Å². The van der Waals surface area contributed by atoms with Crippen LogP contribution in [0.4, 0.5) is 4.79 Å². The Morgan fingerprint density at radius 3 is 2.29 bits per heavy atom. The zero-order valence-electron chi connectivity index (χ0n) is 12.9. The predicted molar refractivity (Wildman–Crippen MR) is 74.9 cm³/mol. The summed E-state index contributed by atoms with van der Waals surface area (Å²) in [5, 5.41) is 11.6. The van der Waals surface area contributed by atoms with E-state index in [1.165, 1.54) is 20.9 Å². The van der Waals surface area contributed by atoms with Crippen molar-refractivity contribution in [2.75, 3.05) is 33.4 Å². The maximum atomic E-state index is 12.2. The molecular formula is C13H23N3O5. The first-order chi connectivity index (χ1) is 9.67. The number of hydrogen-bond acceptors (Lipinski definition) is 4. The summed E-state index contributed by atoms with van der Waals surface area (Å²) in [6, 6.07) is -1.32. The number of urea groups is 1. The van der Waals surface area contributed by atoms with Gasteiger partial charge in [-0.05, 0) is 20.8 Å². The quantitative estimate of drug-likeness (QED) is 0.745. The topological polar surface area (TPSA) is 99.2 Å². The molecule has 1 aliphatic rings. The molecule has 0 aromatic rings. The van der Waals surface area contributed by atoms with E-state index in [1.54, 1.807) is 11.8 Å². The number of carboxylic acids is 1. The van der Waals surface area contributed by atoms with Crippen molar-refractivity contribution in [3.05, 3.63) is 0 Å². The molecule has 1 rings (SSSR count). The summed E-state index contributed by atoms with van der Waals surface area (Å²) in [6.45, 7) is 6.38. The van der Waals surface area contributed by atoms with Crippen molar-refractivity contribution < 1.29 is 24.2 Å². The molecule has 1 saturated heterocycles. The van der Waals surface area contributed by atoms with Gasteiger partial charge in [0.1, 0.15) is 11.6 Å². The summed E-state index contributed by atoms with van der Waals surface area (Å²) in [5.41, 5.74) is -1.36. The SMILES string of the molecule is CC(NC(=O)N(C)C(C)(C)C(=O)O)C(=O)N1CCOCC1. The highest BCUT2D eigenvalue weighted by Gasteiger charge is 2.36. The van der Waals surface area contributed by atoms with E-state index in [1.807, 2.05) is 0 Å². The summed E-state index contributed by atoms with van der Waals surface area (Å²) in [7, 11) is 1.38. The number of nitrogens with zero attached hydrogens (tertiary/aromatic N) is 2. The average Bonchev–Trinajstić information content (AvgIpc) is 2.46. The van der Waals surface area contributed by atoms with Crippen LogP contribution in [0.2, 0.25) is 0 Å². The Hall–Kier alpha value is -1.83. The van der Waals surface area contributed by atoms with Gasteiger partial charge in [0.15, 0.2) is 0 Å². The molecule has 1 fully saturated rings. The third kappa shape index (κ3) is 4.07. The van der Waals surface area contributed by atoms with Crippen LogP contribution in [-0.2, 0) is 14.3 Å². The third-order valence-electron chi connectivity index (χ3n) is 3.70. The maximum Gasteiger partial charge on any atom is 0.329 e. The number of rotatable bonds is 4. The van der Waals surface area contributed by atoms with E-state index in [4.69, 9.17) is 9.84 Å². The fraction of sp³-hybridized carbons (Fsp3) is 0.769. The minimum Gasteiger partial charge on any atom is -0.480 e. The van der Waals surface area contributed by atoms with E-state index >= 15 is 0 Å². The van der Waals surface area contributed by atoms with Gasteiger partial charge in [0, 0.05) is 20.1 Å². The van der Waals surface area contributed by atoms with Gasteiger partial charge in [-0.1, -0.05) is 0 Å². The van der Waals surface area contributed by atoms with Gasteiger partial charge in [0.2, 0.25) is 5.91 Å². The highest BCUT2D eigenvalue weighted by molar-refractivity contribution is 5.89. The number of morpholine rings is 1. The number of hydrogen-bond donors (Lipinski definition) is 2. The first-order valence-electron chi connectivity index (χ1n) is 6.82. The number of likely N-dealkylation sites (N-methyl/N-ethyl adjacent to an activating group) is 1. The molecule has 0 spiro atoms. The van der Waals surface area contributed by atoms with Crippen molar-refractivity contribution in [3.63, 3.8) is 0 Å². The minimum absolute atomic E-state index is 0.201. The fourth-order valence-electron chi connectivity index (χ4n) is 1.80. The van der Waals surface area contributed by atoms with Crippen molar-refractivity contribution in [1.82, 2.24) is 15.1 Å². The highest BCUT2D eigenvalue weighted by Crippen LogP contribution is 2.12. The smallest absolute Gasteiger partial charge is 0.329 e.